The molecule has 0 spiro atoms. The van der Waals surface area contributed by atoms with Crippen LogP contribution in [0.25, 0.3) is 0 Å². The molecule has 0 amide bonds. The second kappa shape index (κ2) is 5.88. The first-order valence-electron chi connectivity index (χ1n) is 5.91. The number of nitrogens with one attached hydrogen (secondary N) is 1. The van der Waals surface area contributed by atoms with Crippen molar-refractivity contribution in [3.8, 4) is 0 Å². The number of halogens is 1. The van der Waals surface area contributed by atoms with Crippen LogP contribution < -0.4 is 4.72 Å². The fourth-order valence-corrected chi connectivity index (χ4v) is 5.14. The van der Waals surface area contributed by atoms with Crippen LogP contribution in [0, 0.1) is 5.92 Å². The predicted octanol–water partition coefficient (Wildman–Crippen LogP) is 2.23. The van der Waals surface area contributed by atoms with E-state index >= 15 is 0 Å². The highest BCUT2D eigenvalue weighted by Gasteiger charge is 2.29. The highest BCUT2D eigenvalue weighted by Crippen LogP contribution is 2.30. The van der Waals surface area contributed by atoms with E-state index in [0.29, 0.717) is 4.34 Å². The van der Waals surface area contributed by atoms with Crippen LogP contribution in [0.15, 0.2) is 16.3 Å². The van der Waals surface area contributed by atoms with Crippen molar-refractivity contribution in [1.29, 1.82) is 0 Å². The number of thiophene rings is 1. The van der Waals surface area contributed by atoms with Crippen molar-refractivity contribution in [2.45, 2.75) is 35.9 Å². The summed E-state index contributed by atoms with van der Waals surface area (Å²) >= 11 is 6.76. The number of rotatable bonds is 5. The SMILES string of the molecule is O=S(=O)(NC(CO)C1CCCC1)c1ccc(Cl)s1. The normalized spacial score (nSPS) is 19.2. The van der Waals surface area contributed by atoms with Crippen LogP contribution in [0.1, 0.15) is 25.7 Å². The van der Waals surface area contributed by atoms with Gasteiger partial charge >= 0.3 is 0 Å². The Morgan fingerprint density at radius 2 is 2.11 bits per heavy atom. The van der Waals surface area contributed by atoms with Gasteiger partial charge in [0.15, 0.2) is 0 Å². The van der Waals surface area contributed by atoms with Crippen molar-refractivity contribution < 1.29 is 13.5 Å². The van der Waals surface area contributed by atoms with E-state index in [0.717, 1.165) is 37.0 Å². The fourth-order valence-electron chi connectivity index (χ4n) is 2.34. The predicted molar refractivity (Wildman–Crippen MR) is 72.5 cm³/mol. The van der Waals surface area contributed by atoms with Gasteiger partial charge in [-0.2, -0.15) is 0 Å². The first-order chi connectivity index (χ1) is 8.53. The molecule has 1 aromatic rings. The monoisotopic (exact) mass is 309 g/mol. The first kappa shape index (κ1) is 14.3. The Morgan fingerprint density at radius 3 is 2.61 bits per heavy atom. The van der Waals surface area contributed by atoms with Gasteiger partial charge in [-0.3, -0.25) is 0 Å². The maximum Gasteiger partial charge on any atom is 0.250 e. The van der Waals surface area contributed by atoms with Crippen LogP contribution in [0.5, 0.6) is 0 Å². The van der Waals surface area contributed by atoms with E-state index in [1.165, 1.54) is 6.07 Å². The molecule has 102 valence electrons. The summed E-state index contributed by atoms with van der Waals surface area (Å²) in [5, 5.41) is 9.35. The Kier molecular flexibility index (Phi) is 4.66. The van der Waals surface area contributed by atoms with Gasteiger partial charge in [0.05, 0.1) is 10.9 Å². The van der Waals surface area contributed by atoms with E-state index in [9.17, 15) is 13.5 Å². The molecule has 0 aromatic carbocycles. The molecule has 0 radical (unpaired) electrons. The van der Waals surface area contributed by atoms with Crippen LogP contribution >= 0.6 is 22.9 Å². The summed E-state index contributed by atoms with van der Waals surface area (Å²) in [6.45, 7) is -0.164. The lowest BCUT2D eigenvalue weighted by Crippen LogP contribution is -2.41. The van der Waals surface area contributed by atoms with Crippen molar-refractivity contribution in [2.75, 3.05) is 6.61 Å². The van der Waals surface area contributed by atoms with Crippen LogP contribution in [-0.2, 0) is 10.0 Å². The van der Waals surface area contributed by atoms with Crippen molar-refractivity contribution in [1.82, 2.24) is 4.72 Å². The Morgan fingerprint density at radius 1 is 1.44 bits per heavy atom. The maximum atomic E-state index is 12.1. The average Bonchev–Trinajstić information content (AvgIpc) is 2.96. The molecule has 1 aromatic heterocycles. The third kappa shape index (κ3) is 3.24. The summed E-state index contributed by atoms with van der Waals surface area (Å²) in [7, 11) is -3.56. The highest BCUT2D eigenvalue weighted by atomic mass is 35.5. The molecule has 1 fully saturated rings. The molecule has 1 saturated carbocycles. The molecule has 18 heavy (non-hydrogen) atoms. The van der Waals surface area contributed by atoms with Gasteiger partial charge in [0, 0.05) is 6.04 Å². The quantitative estimate of drug-likeness (QED) is 0.876. The molecule has 1 aliphatic carbocycles. The zero-order chi connectivity index (χ0) is 13.2. The molecule has 1 aliphatic rings. The molecule has 2 N–H and O–H groups in total. The smallest absolute Gasteiger partial charge is 0.250 e. The lowest BCUT2D eigenvalue weighted by molar-refractivity contribution is 0.216. The third-order valence-electron chi connectivity index (χ3n) is 3.29. The second-order valence-electron chi connectivity index (χ2n) is 4.51. The minimum atomic E-state index is -3.56. The number of hydrogen-bond acceptors (Lipinski definition) is 4. The Hall–Kier alpha value is -0.140. The van der Waals surface area contributed by atoms with E-state index in [1.807, 2.05) is 0 Å². The van der Waals surface area contributed by atoms with Gasteiger partial charge in [-0.1, -0.05) is 24.4 Å². The molecule has 1 atom stereocenters. The summed E-state index contributed by atoms with van der Waals surface area (Å²) in [5.41, 5.74) is 0. The molecular formula is C11H16ClNO3S2. The molecule has 0 aliphatic heterocycles. The van der Waals surface area contributed by atoms with Crippen LogP contribution in [0.3, 0.4) is 0 Å². The number of sulfonamides is 1. The summed E-state index contributed by atoms with van der Waals surface area (Å²) < 4.78 is 27.4. The van der Waals surface area contributed by atoms with Gasteiger partial charge < -0.3 is 5.11 Å². The van der Waals surface area contributed by atoms with Gasteiger partial charge in [0.25, 0.3) is 0 Å². The van der Waals surface area contributed by atoms with Crippen molar-refractivity contribution in [3.63, 3.8) is 0 Å². The minimum Gasteiger partial charge on any atom is -0.395 e. The second-order valence-corrected chi connectivity index (χ2v) is 8.17. The third-order valence-corrected chi connectivity index (χ3v) is 6.50. The minimum absolute atomic E-state index is 0.164. The summed E-state index contributed by atoms with van der Waals surface area (Å²) in [6, 6.07) is 2.65. The van der Waals surface area contributed by atoms with E-state index < -0.39 is 16.1 Å². The van der Waals surface area contributed by atoms with E-state index in [2.05, 4.69) is 4.72 Å². The van der Waals surface area contributed by atoms with Crippen molar-refractivity contribution >= 4 is 33.0 Å². The summed E-state index contributed by atoms with van der Waals surface area (Å²) in [5.74, 6) is 0.236. The Labute approximate surface area is 116 Å². The van der Waals surface area contributed by atoms with E-state index in [-0.39, 0.29) is 16.7 Å². The highest BCUT2D eigenvalue weighted by molar-refractivity contribution is 7.91. The van der Waals surface area contributed by atoms with Crippen LogP contribution in [0.4, 0.5) is 0 Å². The van der Waals surface area contributed by atoms with Gasteiger partial charge in [-0.25, -0.2) is 13.1 Å². The molecule has 1 unspecified atom stereocenters. The molecular weight excluding hydrogens is 294 g/mol. The lowest BCUT2D eigenvalue weighted by Gasteiger charge is -2.21. The summed E-state index contributed by atoms with van der Waals surface area (Å²) in [6.07, 6.45) is 4.15. The standard InChI is InChI=1S/C11H16ClNO3S2/c12-10-5-6-11(17-10)18(15,16)13-9(7-14)8-3-1-2-4-8/h5-6,8-9,13-14H,1-4,7H2. The van der Waals surface area contributed by atoms with Gasteiger partial charge in [-0.05, 0) is 30.9 Å². The first-order valence-corrected chi connectivity index (χ1v) is 8.59. The number of hydrogen-bond donors (Lipinski definition) is 2. The molecule has 0 saturated heterocycles. The van der Waals surface area contributed by atoms with E-state index in [4.69, 9.17) is 11.6 Å². The Balaban J connectivity index is 2.10. The molecule has 0 bridgehead atoms. The van der Waals surface area contributed by atoms with Crippen LogP contribution in [0.2, 0.25) is 4.34 Å². The Bertz CT molecular complexity index is 494. The average molecular weight is 310 g/mol. The van der Waals surface area contributed by atoms with Gasteiger partial charge in [0.2, 0.25) is 10.0 Å². The zero-order valence-electron chi connectivity index (χ0n) is 9.80. The topological polar surface area (TPSA) is 66.4 Å². The largest absolute Gasteiger partial charge is 0.395 e. The van der Waals surface area contributed by atoms with Gasteiger partial charge in [0.1, 0.15) is 4.21 Å². The molecule has 4 nitrogen and oxygen atoms in total. The number of aliphatic hydroxyl groups excluding tert-OH is 1. The molecule has 7 heteroatoms. The van der Waals surface area contributed by atoms with Crippen molar-refractivity contribution in [2.24, 2.45) is 5.92 Å². The van der Waals surface area contributed by atoms with Crippen LogP contribution in [-0.4, -0.2) is 26.2 Å². The summed E-state index contributed by atoms with van der Waals surface area (Å²) in [4.78, 5) is 0. The van der Waals surface area contributed by atoms with Gasteiger partial charge in [-0.15, -0.1) is 11.3 Å². The molecule has 2 rings (SSSR count). The van der Waals surface area contributed by atoms with Crippen molar-refractivity contribution in [3.05, 3.63) is 16.5 Å². The zero-order valence-corrected chi connectivity index (χ0v) is 12.2. The lowest BCUT2D eigenvalue weighted by atomic mass is 10.0. The maximum absolute atomic E-state index is 12.1. The number of aliphatic hydroxyl groups is 1. The molecule has 1 heterocycles. The van der Waals surface area contributed by atoms with E-state index in [1.54, 1.807) is 6.07 Å². The fraction of sp³-hybridized carbons (Fsp3) is 0.636.